The lowest BCUT2D eigenvalue weighted by molar-refractivity contribution is -0.133. The first-order valence-corrected chi connectivity index (χ1v) is 11.7. The number of anilines is 1. The number of nitrogens with zero attached hydrogens (tertiary/aromatic N) is 1. The van der Waals surface area contributed by atoms with Crippen LogP contribution in [0.15, 0.2) is 40.5 Å². The van der Waals surface area contributed by atoms with E-state index in [4.69, 9.17) is 11.6 Å². The van der Waals surface area contributed by atoms with E-state index in [1.807, 2.05) is 12.1 Å². The van der Waals surface area contributed by atoms with Crippen molar-refractivity contribution in [3.8, 4) is 0 Å². The van der Waals surface area contributed by atoms with E-state index < -0.39 is 0 Å². The summed E-state index contributed by atoms with van der Waals surface area (Å²) < 4.78 is 0. The molecule has 1 aromatic rings. The molecule has 6 nitrogen and oxygen atoms in total. The van der Waals surface area contributed by atoms with E-state index in [0.717, 1.165) is 36.1 Å². The van der Waals surface area contributed by atoms with Crippen LogP contribution in [0, 0.1) is 5.41 Å². The molecule has 0 radical (unpaired) electrons. The summed E-state index contributed by atoms with van der Waals surface area (Å²) in [5.74, 6) is -0.885. The Balaban J connectivity index is 1.45. The van der Waals surface area contributed by atoms with Gasteiger partial charge in [0.25, 0.3) is 5.91 Å². The van der Waals surface area contributed by atoms with Crippen molar-refractivity contribution in [2.45, 2.75) is 63.7 Å². The number of hydrogen-bond donors (Lipinski definition) is 2. The normalized spacial score (nSPS) is 22.6. The number of allylic oxidation sites excluding steroid dienone is 3. The highest BCUT2D eigenvalue weighted by Gasteiger charge is 2.38. The monoisotopic (exact) mass is 451 g/mol. The Morgan fingerprint density at radius 1 is 1.12 bits per heavy atom. The molecule has 1 spiro atoms. The summed E-state index contributed by atoms with van der Waals surface area (Å²) in [6, 6.07) is 5.85. The van der Waals surface area contributed by atoms with Crippen LogP contribution >= 0.6 is 11.6 Å². The standard InChI is InChI=1S/C25H26ClN3O3/c26-21-5-4-20(27-21)24(32)28-19-3-2-16(17-13-22(30)29-23(31)14-17)12-18(19)15-6-10-25(11-7-15)8-1-9-25/h2-3,5-6,12,17H,1,4,7-11,13-14H2,(H,28,32)(H,29,30,31). The third-order valence-corrected chi connectivity index (χ3v) is 7.58. The Hall–Kier alpha value is -2.73. The molecule has 0 bridgehead atoms. The topological polar surface area (TPSA) is 87.6 Å². The quantitative estimate of drug-likeness (QED) is 0.508. The van der Waals surface area contributed by atoms with Gasteiger partial charge in [0.1, 0.15) is 10.9 Å². The van der Waals surface area contributed by atoms with Crippen LogP contribution in [0.2, 0.25) is 0 Å². The predicted molar refractivity (Wildman–Crippen MR) is 124 cm³/mol. The zero-order valence-corrected chi connectivity index (χ0v) is 18.6. The fourth-order valence-electron chi connectivity index (χ4n) is 5.26. The molecule has 5 rings (SSSR count). The molecule has 1 saturated carbocycles. The summed E-state index contributed by atoms with van der Waals surface area (Å²) in [6.45, 7) is 0. The van der Waals surface area contributed by atoms with Crippen molar-refractivity contribution in [1.82, 2.24) is 5.32 Å². The van der Waals surface area contributed by atoms with E-state index in [9.17, 15) is 14.4 Å². The molecule has 0 atom stereocenters. The van der Waals surface area contributed by atoms with Gasteiger partial charge in [0.15, 0.2) is 0 Å². The summed E-state index contributed by atoms with van der Waals surface area (Å²) in [4.78, 5) is 40.7. The van der Waals surface area contributed by atoms with Crippen LogP contribution in [0.1, 0.15) is 74.8 Å². The second kappa shape index (κ2) is 8.32. The van der Waals surface area contributed by atoms with Crippen molar-refractivity contribution in [3.63, 3.8) is 0 Å². The number of piperidine rings is 1. The lowest BCUT2D eigenvalue weighted by atomic mass is 9.61. The van der Waals surface area contributed by atoms with Gasteiger partial charge in [-0.1, -0.05) is 30.2 Å². The average Bonchev–Trinajstić information content (AvgIpc) is 3.19. The lowest BCUT2D eigenvalue weighted by Gasteiger charge is -2.44. The van der Waals surface area contributed by atoms with Crippen molar-refractivity contribution in [3.05, 3.63) is 46.6 Å². The second-order valence-corrected chi connectivity index (χ2v) is 9.80. The van der Waals surface area contributed by atoms with Crippen molar-refractivity contribution in [1.29, 1.82) is 0 Å². The van der Waals surface area contributed by atoms with Gasteiger partial charge in [-0.05, 0) is 66.9 Å². The van der Waals surface area contributed by atoms with E-state index in [-0.39, 0.29) is 23.6 Å². The van der Waals surface area contributed by atoms with Crippen LogP contribution in [0.3, 0.4) is 0 Å². The number of imide groups is 1. The van der Waals surface area contributed by atoms with Crippen LogP contribution in [0.5, 0.6) is 0 Å². The summed E-state index contributed by atoms with van der Waals surface area (Å²) in [5, 5.41) is 5.73. The molecule has 2 fully saturated rings. The summed E-state index contributed by atoms with van der Waals surface area (Å²) in [6.07, 6.45) is 12.1. The van der Waals surface area contributed by atoms with Crippen molar-refractivity contribution >= 4 is 46.3 Å². The Kier molecular flexibility index (Phi) is 5.49. The molecule has 2 N–H and O–H groups in total. The molecular formula is C25H26ClN3O3. The minimum absolute atomic E-state index is 0.149. The SMILES string of the molecule is O=C1CC(c2ccc(NC(=O)C3=NC(Cl)=CC3)c(C3=CCC4(CCC4)CC3)c2)CC(=O)N1. The molecule has 1 aromatic carbocycles. The van der Waals surface area contributed by atoms with E-state index in [1.54, 1.807) is 6.08 Å². The number of hydrogen-bond acceptors (Lipinski definition) is 4. The Labute approximate surface area is 192 Å². The van der Waals surface area contributed by atoms with Gasteiger partial charge in [-0.2, -0.15) is 0 Å². The maximum Gasteiger partial charge on any atom is 0.270 e. The van der Waals surface area contributed by atoms with Gasteiger partial charge in [0.2, 0.25) is 11.8 Å². The van der Waals surface area contributed by atoms with Crippen LogP contribution in [-0.2, 0) is 14.4 Å². The predicted octanol–water partition coefficient (Wildman–Crippen LogP) is 4.81. The van der Waals surface area contributed by atoms with Crippen molar-refractivity contribution < 1.29 is 14.4 Å². The molecule has 0 unspecified atom stereocenters. The van der Waals surface area contributed by atoms with Gasteiger partial charge in [-0.25, -0.2) is 4.99 Å². The Morgan fingerprint density at radius 2 is 1.91 bits per heavy atom. The van der Waals surface area contributed by atoms with E-state index in [2.05, 4.69) is 27.8 Å². The van der Waals surface area contributed by atoms with Crippen LogP contribution in [0.4, 0.5) is 5.69 Å². The average molecular weight is 452 g/mol. The number of halogens is 1. The zero-order chi connectivity index (χ0) is 22.3. The number of rotatable bonds is 4. The minimum Gasteiger partial charge on any atom is -0.320 e. The van der Waals surface area contributed by atoms with Gasteiger partial charge in [-0.3, -0.25) is 19.7 Å². The molecule has 2 heterocycles. The van der Waals surface area contributed by atoms with Gasteiger partial charge < -0.3 is 5.32 Å². The van der Waals surface area contributed by atoms with Crippen molar-refractivity contribution in [2.24, 2.45) is 10.4 Å². The lowest BCUT2D eigenvalue weighted by Crippen LogP contribution is -2.37. The molecule has 0 aromatic heterocycles. The number of carbonyl (C=O) groups is 3. The number of benzene rings is 1. The largest absolute Gasteiger partial charge is 0.320 e. The van der Waals surface area contributed by atoms with Crippen LogP contribution in [0.25, 0.3) is 5.57 Å². The first kappa shape index (κ1) is 21.1. The first-order chi connectivity index (χ1) is 15.4. The highest BCUT2D eigenvalue weighted by molar-refractivity contribution is 6.46. The minimum atomic E-state index is -0.259. The summed E-state index contributed by atoms with van der Waals surface area (Å²) in [7, 11) is 0. The van der Waals surface area contributed by atoms with E-state index in [1.165, 1.54) is 24.8 Å². The highest BCUT2D eigenvalue weighted by Crippen LogP contribution is 2.52. The van der Waals surface area contributed by atoms with Crippen LogP contribution in [-0.4, -0.2) is 23.4 Å². The molecular weight excluding hydrogens is 426 g/mol. The van der Waals surface area contributed by atoms with Gasteiger partial charge >= 0.3 is 0 Å². The molecule has 7 heteroatoms. The molecule has 166 valence electrons. The molecule has 2 aliphatic carbocycles. The Bertz CT molecular complexity index is 1080. The summed E-state index contributed by atoms with van der Waals surface area (Å²) in [5.41, 5.74) is 4.74. The smallest absolute Gasteiger partial charge is 0.270 e. The summed E-state index contributed by atoms with van der Waals surface area (Å²) >= 11 is 5.91. The molecule has 4 aliphatic rings. The molecule has 32 heavy (non-hydrogen) atoms. The Morgan fingerprint density at radius 3 is 2.50 bits per heavy atom. The fourth-order valence-corrected chi connectivity index (χ4v) is 5.44. The van der Waals surface area contributed by atoms with Crippen LogP contribution < -0.4 is 10.6 Å². The molecule has 1 saturated heterocycles. The maximum atomic E-state index is 12.8. The zero-order valence-electron chi connectivity index (χ0n) is 17.9. The number of amides is 3. The molecule has 3 amide bonds. The third-order valence-electron chi connectivity index (χ3n) is 7.34. The number of aliphatic imine (C=N–C) groups is 1. The molecule has 2 aliphatic heterocycles. The van der Waals surface area contributed by atoms with E-state index >= 15 is 0 Å². The van der Waals surface area contributed by atoms with Gasteiger partial charge in [0.05, 0.1) is 0 Å². The number of carbonyl (C=O) groups excluding carboxylic acids is 3. The van der Waals surface area contributed by atoms with Gasteiger partial charge in [0, 0.05) is 36.4 Å². The first-order valence-electron chi connectivity index (χ1n) is 11.3. The number of nitrogens with one attached hydrogen (secondary N) is 2. The van der Waals surface area contributed by atoms with Crippen molar-refractivity contribution in [2.75, 3.05) is 5.32 Å². The maximum absolute atomic E-state index is 12.8. The second-order valence-electron chi connectivity index (χ2n) is 9.41. The van der Waals surface area contributed by atoms with E-state index in [0.29, 0.717) is 35.5 Å². The highest BCUT2D eigenvalue weighted by atomic mass is 35.5. The fraction of sp³-hybridized carbons (Fsp3) is 0.440. The van der Waals surface area contributed by atoms with Gasteiger partial charge in [-0.15, -0.1) is 0 Å². The third kappa shape index (κ3) is 4.16.